The van der Waals surface area contributed by atoms with Crippen LogP contribution >= 0.6 is 0 Å². The fourth-order valence-corrected chi connectivity index (χ4v) is 0. The molecular formula is C2H5NO. The predicted octanol–water partition coefficient (Wildman–Crippen LogP) is -0.644. The molecule has 0 bridgehead atoms. The molecule has 0 amide bonds. The van der Waals surface area contributed by atoms with Gasteiger partial charge in [0, 0.05) is 6.54 Å². The van der Waals surface area contributed by atoms with E-state index in [1.807, 2.05) is 0 Å². The maximum atomic E-state index is 7.50. The Labute approximate surface area is 25.2 Å². The van der Waals surface area contributed by atoms with Gasteiger partial charge in [-0.05, 0) is 0 Å². The highest BCUT2D eigenvalue weighted by molar-refractivity contribution is 4.39. The molecule has 24 valence electrons. The summed E-state index contributed by atoms with van der Waals surface area (Å²) in [4.78, 5) is 0. The molecule has 0 atom stereocenters. The average Bonchev–Trinajstić information content (AvgIpc) is 1.37. The van der Waals surface area contributed by atoms with Gasteiger partial charge in [0.25, 0.3) is 0 Å². The number of rotatable bonds is 1. The fourth-order valence-electron chi connectivity index (χ4n) is 0. The molecule has 0 aliphatic carbocycles. The molecule has 4 heavy (non-hydrogen) atoms. The second-order valence-electron chi connectivity index (χ2n) is 0.362. The van der Waals surface area contributed by atoms with E-state index in [1.54, 1.807) is 6.61 Å². The van der Waals surface area contributed by atoms with Gasteiger partial charge in [0.1, 0.15) is 6.61 Å². The summed E-state index contributed by atoms with van der Waals surface area (Å²) in [5.74, 6) is 0. The largest absolute Gasteiger partial charge is 0.382 e. The molecule has 0 heterocycles. The Bertz CT molecular complexity index is 8.00. The average molecular weight is 59.1 g/mol. The normalized spacial score (nSPS) is 7.50. The van der Waals surface area contributed by atoms with E-state index in [4.69, 9.17) is 5.11 Å². The smallest absolute Gasteiger partial charge is 0.142 e. The van der Waals surface area contributed by atoms with Crippen molar-refractivity contribution in [1.29, 1.82) is 0 Å². The fraction of sp³-hybridized carbons (Fsp3) is 0.500. The van der Waals surface area contributed by atoms with Crippen LogP contribution in [0.15, 0.2) is 0 Å². The van der Waals surface area contributed by atoms with Crippen LogP contribution in [-0.4, -0.2) is 11.7 Å². The summed E-state index contributed by atoms with van der Waals surface area (Å²) in [6.45, 7) is 1.83. The topological polar surface area (TPSA) is 46.2 Å². The van der Waals surface area contributed by atoms with E-state index in [0.717, 1.165) is 0 Å². The first-order valence-corrected chi connectivity index (χ1v) is 0.985. The Balaban J connectivity index is 1.97. The van der Waals surface area contributed by atoms with Gasteiger partial charge < -0.3 is 10.8 Å². The van der Waals surface area contributed by atoms with E-state index in [9.17, 15) is 0 Å². The molecule has 0 unspecified atom stereocenters. The number of nitrogens with two attached hydrogens (primary N) is 1. The van der Waals surface area contributed by atoms with Gasteiger partial charge in [-0.3, -0.25) is 0 Å². The lowest BCUT2D eigenvalue weighted by Gasteiger charge is -1.67. The highest BCUT2D eigenvalue weighted by Crippen LogP contribution is 1.45. The van der Waals surface area contributed by atoms with E-state index in [0.29, 0.717) is 0 Å². The Morgan fingerprint density at radius 3 is 2.25 bits per heavy atom. The highest BCUT2D eigenvalue weighted by atomic mass is 16.3. The maximum absolute atomic E-state index is 7.50. The summed E-state index contributed by atoms with van der Waals surface area (Å²) in [6.07, 6.45) is 0. The van der Waals surface area contributed by atoms with Crippen molar-refractivity contribution in [3.63, 3.8) is 0 Å². The van der Waals surface area contributed by atoms with E-state index < -0.39 is 0 Å². The van der Waals surface area contributed by atoms with Gasteiger partial charge in [-0.1, -0.05) is 0 Å². The quantitative estimate of drug-likeness (QED) is 0.422. The van der Waals surface area contributed by atoms with E-state index in [-0.39, 0.29) is 6.54 Å². The zero-order valence-corrected chi connectivity index (χ0v) is 2.23. The molecule has 0 aromatic heterocycles. The molecule has 0 aliphatic heterocycles. The molecule has 0 aromatic rings. The summed E-state index contributed by atoms with van der Waals surface area (Å²) < 4.78 is 0. The van der Waals surface area contributed by atoms with Crippen LogP contribution in [0.1, 0.15) is 0 Å². The molecule has 0 aromatic carbocycles. The summed E-state index contributed by atoms with van der Waals surface area (Å²) in [7, 11) is 0. The number of hydrogen-bond acceptors (Lipinski definition) is 2. The van der Waals surface area contributed by atoms with Crippen molar-refractivity contribution < 1.29 is 5.11 Å². The Morgan fingerprint density at radius 1 is 2.00 bits per heavy atom. The Morgan fingerprint density at radius 2 is 2.25 bits per heavy atom. The van der Waals surface area contributed by atoms with Crippen molar-refractivity contribution in [2.45, 2.75) is 0 Å². The van der Waals surface area contributed by atoms with Crippen LogP contribution in [0.5, 0.6) is 0 Å². The van der Waals surface area contributed by atoms with Gasteiger partial charge in [0.2, 0.25) is 0 Å². The van der Waals surface area contributed by atoms with Gasteiger partial charge in [-0.25, -0.2) is 0 Å². The molecular weight excluding hydrogens is 54.0 g/mol. The lowest BCUT2D eigenvalue weighted by Crippen LogP contribution is -1.96. The van der Waals surface area contributed by atoms with Crippen LogP contribution in [0.4, 0.5) is 0 Å². The zero-order valence-electron chi connectivity index (χ0n) is 2.23. The first-order chi connectivity index (χ1) is 1.91. The van der Waals surface area contributed by atoms with Gasteiger partial charge in [0.05, 0.1) is 0 Å². The van der Waals surface area contributed by atoms with Crippen molar-refractivity contribution >= 4 is 0 Å². The number of hydrogen-bond donors (Lipinski definition) is 2. The van der Waals surface area contributed by atoms with Gasteiger partial charge >= 0.3 is 0 Å². The van der Waals surface area contributed by atoms with Crippen molar-refractivity contribution in [2.24, 2.45) is 5.73 Å². The Kier molecular flexibility index (Phi) is 2.86. The molecule has 0 saturated carbocycles. The molecule has 0 spiro atoms. The third-order valence-electron chi connectivity index (χ3n) is 0.0913. The predicted molar refractivity (Wildman–Crippen MR) is 14.2 cm³/mol. The molecule has 3 N–H and O–H groups in total. The minimum atomic E-state index is 0.125. The summed E-state index contributed by atoms with van der Waals surface area (Å²) >= 11 is 0. The number of aliphatic hydroxyl groups is 1. The van der Waals surface area contributed by atoms with Crippen LogP contribution in [0, 0.1) is 6.61 Å². The zero-order chi connectivity index (χ0) is 3.41. The minimum Gasteiger partial charge on any atom is -0.382 e. The van der Waals surface area contributed by atoms with E-state index in [1.165, 1.54) is 0 Å². The molecule has 2 radical (unpaired) electrons. The van der Waals surface area contributed by atoms with Crippen molar-refractivity contribution in [1.82, 2.24) is 0 Å². The van der Waals surface area contributed by atoms with Crippen molar-refractivity contribution in [3.05, 3.63) is 6.61 Å². The van der Waals surface area contributed by atoms with E-state index >= 15 is 0 Å². The lowest BCUT2D eigenvalue weighted by atomic mass is 10.8. The van der Waals surface area contributed by atoms with Crippen molar-refractivity contribution in [3.8, 4) is 0 Å². The summed E-state index contributed by atoms with van der Waals surface area (Å²) in [5.41, 5.74) is 4.67. The maximum Gasteiger partial charge on any atom is 0.142 e. The first kappa shape index (κ1) is 3.92. The summed E-state index contributed by atoms with van der Waals surface area (Å²) in [6, 6.07) is 0. The first-order valence-electron chi connectivity index (χ1n) is 0.985. The monoisotopic (exact) mass is 59.0 g/mol. The van der Waals surface area contributed by atoms with Gasteiger partial charge in [0.15, 0.2) is 0 Å². The van der Waals surface area contributed by atoms with Crippen molar-refractivity contribution in [2.75, 3.05) is 6.54 Å². The second kappa shape index (κ2) is 2.92. The highest BCUT2D eigenvalue weighted by Gasteiger charge is 1.60. The van der Waals surface area contributed by atoms with Crippen LogP contribution in [0.2, 0.25) is 0 Å². The van der Waals surface area contributed by atoms with Crippen LogP contribution in [-0.2, 0) is 0 Å². The molecule has 0 fully saturated rings. The third-order valence-corrected chi connectivity index (χ3v) is 0.0913. The SMILES string of the molecule is NC[C]O. The molecule has 0 saturated heterocycles. The molecule has 2 nitrogen and oxygen atoms in total. The standard InChI is InChI=1S/C2H5NO/c3-1-2-4/h4H,1,3H2. The third kappa shape index (κ3) is 1.92. The molecule has 0 rings (SSSR count). The van der Waals surface area contributed by atoms with E-state index in [2.05, 4.69) is 5.73 Å². The summed E-state index contributed by atoms with van der Waals surface area (Å²) in [5, 5.41) is 7.50. The van der Waals surface area contributed by atoms with Crippen LogP contribution in [0.3, 0.4) is 0 Å². The van der Waals surface area contributed by atoms with Gasteiger partial charge in [-0.2, -0.15) is 0 Å². The molecule has 0 aliphatic rings. The minimum absolute atomic E-state index is 0.125. The Hall–Kier alpha value is -0.0800. The molecule has 2 heteroatoms. The number of aliphatic hydroxyl groups excluding tert-OH is 1. The van der Waals surface area contributed by atoms with Gasteiger partial charge in [-0.15, -0.1) is 0 Å². The lowest BCUT2D eigenvalue weighted by molar-refractivity contribution is 0.390. The van der Waals surface area contributed by atoms with Crippen LogP contribution in [0.25, 0.3) is 0 Å². The van der Waals surface area contributed by atoms with Crippen LogP contribution < -0.4 is 5.73 Å². The second-order valence-corrected chi connectivity index (χ2v) is 0.362.